The third kappa shape index (κ3) is 2.59. The molecule has 1 atom stereocenters. The average Bonchev–Trinajstić information content (AvgIpc) is 3.05. The first kappa shape index (κ1) is 14.6. The van der Waals surface area contributed by atoms with Crippen molar-refractivity contribution in [1.82, 2.24) is 0 Å². The van der Waals surface area contributed by atoms with Gasteiger partial charge in [0, 0.05) is 23.6 Å². The molecular formula is C18H18BrN3O. The fourth-order valence-electron chi connectivity index (χ4n) is 3.52. The minimum Gasteiger partial charge on any atom is -0.365 e. The van der Waals surface area contributed by atoms with Gasteiger partial charge in [0.05, 0.1) is 17.1 Å². The zero-order chi connectivity index (χ0) is 15.8. The quantitative estimate of drug-likeness (QED) is 0.802. The van der Waals surface area contributed by atoms with E-state index >= 15 is 0 Å². The Morgan fingerprint density at radius 2 is 1.83 bits per heavy atom. The molecule has 2 aliphatic rings. The van der Waals surface area contributed by atoms with Crippen LogP contribution in [0.1, 0.15) is 12.8 Å². The van der Waals surface area contributed by atoms with E-state index in [4.69, 9.17) is 0 Å². The van der Waals surface area contributed by atoms with E-state index in [9.17, 15) is 4.79 Å². The summed E-state index contributed by atoms with van der Waals surface area (Å²) in [6.45, 7) is 1.83. The zero-order valence-electron chi connectivity index (χ0n) is 12.7. The second-order valence-corrected chi connectivity index (χ2v) is 6.85. The molecule has 0 unspecified atom stereocenters. The van der Waals surface area contributed by atoms with Crippen LogP contribution in [-0.2, 0) is 0 Å². The van der Waals surface area contributed by atoms with Crippen molar-refractivity contribution in [2.45, 2.75) is 18.9 Å². The lowest BCUT2D eigenvalue weighted by Gasteiger charge is -2.40. The molecule has 1 fully saturated rings. The Bertz CT molecular complexity index is 749. The summed E-state index contributed by atoms with van der Waals surface area (Å²) in [5.74, 6) is 0. The highest BCUT2D eigenvalue weighted by atomic mass is 79.9. The highest BCUT2D eigenvalue weighted by molar-refractivity contribution is 9.10. The summed E-state index contributed by atoms with van der Waals surface area (Å²) in [6.07, 6.45) is 2.34. The van der Waals surface area contributed by atoms with E-state index in [1.165, 1.54) is 12.1 Å². The van der Waals surface area contributed by atoms with Crippen molar-refractivity contribution in [2.75, 3.05) is 28.2 Å². The summed E-state index contributed by atoms with van der Waals surface area (Å²) in [4.78, 5) is 17.2. The molecule has 0 aromatic heterocycles. The number of para-hydroxylation sites is 3. The van der Waals surface area contributed by atoms with E-state index in [-0.39, 0.29) is 6.03 Å². The van der Waals surface area contributed by atoms with Gasteiger partial charge in [0.15, 0.2) is 0 Å². The lowest BCUT2D eigenvalue weighted by molar-refractivity contribution is 0.256. The van der Waals surface area contributed by atoms with Gasteiger partial charge >= 0.3 is 6.03 Å². The molecule has 23 heavy (non-hydrogen) atoms. The summed E-state index contributed by atoms with van der Waals surface area (Å²) < 4.78 is 0.890. The third-order valence-corrected chi connectivity index (χ3v) is 5.30. The van der Waals surface area contributed by atoms with Gasteiger partial charge in [-0.15, -0.1) is 0 Å². The van der Waals surface area contributed by atoms with Crippen molar-refractivity contribution in [2.24, 2.45) is 0 Å². The number of urea groups is 1. The van der Waals surface area contributed by atoms with Crippen LogP contribution in [0, 0.1) is 0 Å². The summed E-state index contributed by atoms with van der Waals surface area (Å²) in [5, 5.41) is 3.02. The molecule has 4 rings (SSSR count). The van der Waals surface area contributed by atoms with Crippen LogP contribution >= 0.6 is 15.9 Å². The van der Waals surface area contributed by atoms with Crippen molar-refractivity contribution in [3.63, 3.8) is 0 Å². The highest BCUT2D eigenvalue weighted by Crippen LogP contribution is 2.39. The van der Waals surface area contributed by atoms with Gasteiger partial charge in [0.25, 0.3) is 0 Å². The Kier molecular flexibility index (Phi) is 3.73. The average molecular weight is 372 g/mol. The fourth-order valence-corrected chi connectivity index (χ4v) is 3.91. The molecule has 2 heterocycles. The first-order valence-corrected chi connectivity index (χ1v) is 8.72. The summed E-state index contributed by atoms with van der Waals surface area (Å²) in [7, 11) is 0. The first-order valence-electron chi connectivity index (χ1n) is 7.93. The molecule has 4 nitrogen and oxygen atoms in total. The second kappa shape index (κ2) is 5.89. The van der Waals surface area contributed by atoms with Crippen LogP contribution in [0.2, 0.25) is 0 Å². The number of nitrogens with one attached hydrogen (secondary N) is 1. The van der Waals surface area contributed by atoms with E-state index in [1.807, 2.05) is 47.4 Å². The van der Waals surface area contributed by atoms with Crippen LogP contribution in [0.3, 0.4) is 0 Å². The molecular weight excluding hydrogens is 354 g/mol. The Hall–Kier alpha value is -2.01. The number of fused-ring (bicyclic) bond motifs is 3. The molecule has 118 valence electrons. The van der Waals surface area contributed by atoms with E-state index in [0.29, 0.717) is 6.04 Å². The number of anilines is 3. The predicted molar refractivity (Wildman–Crippen MR) is 97.3 cm³/mol. The van der Waals surface area contributed by atoms with Gasteiger partial charge in [0.2, 0.25) is 0 Å². The van der Waals surface area contributed by atoms with E-state index < -0.39 is 0 Å². The molecule has 2 aromatic rings. The smallest absolute Gasteiger partial charge is 0.326 e. The SMILES string of the molecule is O=C(Nc1ccccc1Br)N1C[C@@H]2CCCN2c2ccccc21. The van der Waals surface area contributed by atoms with Gasteiger partial charge < -0.3 is 10.2 Å². The van der Waals surface area contributed by atoms with Crippen LogP contribution in [0.15, 0.2) is 53.0 Å². The lowest BCUT2D eigenvalue weighted by Crippen LogP contribution is -2.49. The maximum atomic E-state index is 12.8. The van der Waals surface area contributed by atoms with Crippen molar-refractivity contribution in [3.05, 3.63) is 53.0 Å². The van der Waals surface area contributed by atoms with Gasteiger partial charge in [-0.1, -0.05) is 24.3 Å². The zero-order valence-corrected chi connectivity index (χ0v) is 14.3. The molecule has 2 aromatic carbocycles. The minimum absolute atomic E-state index is 0.0732. The Labute approximate surface area is 144 Å². The van der Waals surface area contributed by atoms with Gasteiger partial charge in [0.1, 0.15) is 0 Å². The van der Waals surface area contributed by atoms with Gasteiger partial charge in [-0.05, 0) is 53.0 Å². The van der Waals surface area contributed by atoms with E-state index in [1.54, 1.807) is 0 Å². The number of nitrogens with zero attached hydrogens (tertiary/aromatic N) is 2. The van der Waals surface area contributed by atoms with Crippen molar-refractivity contribution in [1.29, 1.82) is 0 Å². The summed E-state index contributed by atoms with van der Waals surface area (Å²) >= 11 is 3.48. The maximum absolute atomic E-state index is 12.8. The number of amides is 2. The molecule has 5 heteroatoms. The van der Waals surface area contributed by atoms with Crippen molar-refractivity contribution in [3.8, 4) is 0 Å². The molecule has 0 spiro atoms. The molecule has 0 saturated carbocycles. The Morgan fingerprint density at radius 1 is 1.09 bits per heavy atom. The molecule has 0 radical (unpaired) electrons. The molecule has 2 aliphatic heterocycles. The van der Waals surface area contributed by atoms with Crippen molar-refractivity contribution < 1.29 is 4.79 Å². The third-order valence-electron chi connectivity index (χ3n) is 4.61. The molecule has 0 aliphatic carbocycles. The number of carbonyl (C=O) groups excluding carboxylic acids is 1. The monoisotopic (exact) mass is 371 g/mol. The van der Waals surface area contributed by atoms with Crippen LogP contribution in [0.5, 0.6) is 0 Å². The Morgan fingerprint density at radius 3 is 2.65 bits per heavy atom. The topological polar surface area (TPSA) is 35.6 Å². The normalized spacial score (nSPS) is 19.3. The maximum Gasteiger partial charge on any atom is 0.326 e. The van der Waals surface area contributed by atoms with Crippen molar-refractivity contribution >= 4 is 39.0 Å². The summed E-state index contributed by atoms with van der Waals surface area (Å²) in [6, 6.07) is 16.2. The second-order valence-electron chi connectivity index (χ2n) is 6.00. The number of carbonyl (C=O) groups is 1. The first-order chi connectivity index (χ1) is 11.2. The lowest BCUT2D eigenvalue weighted by atomic mass is 10.1. The number of hydrogen-bond donors (Lipinski definition) is 1. The van der Waals surface area contributed by atoms with Gasteiger partial charge in [-0.2, -0.15) is 0 Å². The summed E-state index contributed by atoms with van der Waals surface area (Å²) in [5.41, 5.74) is 2.96. The molecule has 1 saturated heterocycles. The number of halogens is 1. The Balaban J connectivity index is 1.65. The largest absolute Gasteiger partial charge is 0.365 e. The van der Waals surface area contributed by atoms with Crippen LogP contribution in [-0.4, -0.2) is 25.2 Å². The van der Waals surface area contributed by atoms with Crippen LogP contribution < -0.4 is 15.1 Å². The van der Waals surface area contributed by atoms with E-state index in [0.717, 1.165) is 35.4 Å². The molecule has 1 N–H and O–H groups in total. The predicted octanol–water partition coefficient (Wildman–Crippen LogP) is 4.47. The van der Waals surface area contributed by atoms with Gasteiger partial charge in [-0.25, -0.2) is 4.79 Å². The fraction of sp³-hybridized carbons (Fsp3) is 0.278. The minimum atomic E-state index is -0.0732. The van der Waals surface area contributed by atoms with Gasteiger partial charge in [-0.3, -0.25) is 4.90 Å². The standard InChI is InChI=1S/C18H18BrN3O/c19-14-7-1-2-8-15(14)20-18(23)22-12-13-6-5-11-21(13)16-9-3-4-10-17(16)22/h1-4,7-10,13H,5-6,11-12H2,(H,20,23)/t13-/m0/s1. The molecule has 2 amide bonds. The number of hydrogen-bond acceptors (Lipinski definition) is 2. The number of benzene rings is 2. The van der Waals surface area contributed by atoms with Crippen LogP contribution in [0.4, 0.5) is 21.9 Å². The van der Waals surface area contributed by atoms with E-state index in [2.05, 4.69) is 32.2 Å². The number of rotatable bonds is 1. The van der Waals surface area contributed by atoms with Crippen LogP contribution in [0.25, 0.3) is 0 Å². The highest BCUT2D eigenvalue weighted by Gasteiger charge is 2.36. The molecule has 0 bridgehead atoms.